The van der Waals surface area contributed by atoms with Gasteiger partial charge in [0.2, 0.25) is 0 Å². The summed E-state index contributed by atoms with van der Waals surface area (Å²) in [5.74, 6) is -2.19. The Morgan fingerprint density at radius 3 is 2.36 bits per heavy atom. The monoisotopic (exact) mass is 360 g/mol. The summed E-state index contributed by atoms with van der Waals surface area (Å²) in [5.41, 5.74) is -0.240. The molecule has 1 aromatic carbocycles. The molecular formula is C16H12N2O6S. The molecule has 3 N–H and O–H groups in total. The van der Waals surface area contributed by atoms with Crippen LogP contribution in [0.5, 0.6) is 0 Å². The number of aromatic nitrogens is 2. The van der Waals surface area contributed by atoms with Crippen LogP contribution >= 0.6 is 11.3 Å². The molecule has 25 heavy (non-hydrogen) atoms. The van der Waals surface area contributed by atoms with Crippen molar-refractivity contribution in [3.63, 3.8) is 0 Å². The van der Waals surface area contributed by atoms with Gasteiger partial charge in [-0.3, -0.25) is 14.3 Å². The van der Waals surface area contributed by atoms with E-state index in [9.17, 15) is 19.2 Å². The van der Waals surface area contributed by atoms with E-state index in [1.165, 1.54) is 18.2 Å². The maximum Gasteiger partial charge on any atom is 0.345 e. The molecule has 0 fully saturated rings. The number of benzene rings is 1. The Labute approximate surface area is 143 Å². The third-order valence-electron chi connectivity index (χ3n) is 3.71. The molecule has 8 nitrogen and oxygen atoms in total. The second kappa shape index (κ2) is 6.36. The first-order chi connectivity index (χ1) is 11.9. The number of nitrogens with zero attached hydrogens (tertiary/aromatic N) is 1. The molecule has 128 valence electrons. The zero-order valence-corrected chi connectivity index (χ0v) is 13.5. The summed E-state index contributed by atoms with van der Waals surface area (Å²) in [5, 5.41) is 18.0. The molecule has 0 aliphatic heterocycles. The third kappa shape index (κ3) is 3.22. The molecule has 3 rings (SSSR count). The van der Waals surface area contributed by atoms with Gasteiger partial charge >= 0.3 is 17.6 Å². The molecule has 2 aromatic heterocycles. The number of carboxylic acid groups (broad SMARTS) is 2. The molecule has 9 heteroatoms. The van der Waals surface area contributed by atoms with Crippen molar-refractivity contribution in [3.8, 4) is 0 Å². The van der Waals surface area contributed by atoms with E-state index in [2.05, 4.69) is 4.98 Å². The van der Waals surface area contributed by atoms with Gasteiger partial charge < -0.3 is 10.2 Å². The van der Waals surface area contributed by atoms with Crippen LogP contribution in [0.4, 0.5) is 0 Å². The first-order valence-corrected chi connectivity index (χ1v) is 8.00. The van der Waals surface area contributed by atoms with Crippen molar-refractivity contribution in [1.82, 2.24) is 9.55 Å². The number of aromatic carboxylic acids is 2. The van der Waals surface area contributed by atoms with E-state index in [1.54, 1.807) is 12.1 Å². The molecular weight excluding hydrogens is 348 g/mol. The number of carboxylic acids is 2. The van der Waals surface area contributed by atoms with Gasteiger partial charge in [0.25, 0.3) is 5.56 Å². The first kappa shape index (κ1) is 16.7. The number of aryl methyl sites for hydroxylation is 1. The van der Waals surface area contributed by atoms with Crippen molar-refractivity contribution in [2.45, 2.75) is 13.0 Å². The highest BCUT2D eigenvalue weighted by Crippen LogP contribution is 2.19. The van der Waals surface area contributed by atoms with Crippen molar-refractivity contribution < 1.29 is 19.8 Å². The number of carbonyl (C=O) groups is 2. The topological polar surface area (TPSA) is 129 Å². The van der Waals surface area contributed by atoms with E-state index in [4.69, 9.17) is 10.2 Å². The third-order valence-corrected chi connectivity index (χ3v) is 4.75. The van der Waals surface area contributed by atoms with Crippen LogP contribution in [0.25, 0.3) is 10.2 Å². The molecule has 2 heterocycles. The van der Waals surface area contributed by atoms with Gasteiger partial charge in [-0.25, -0.2) is 14.4 Å². The Morgan fingerprint density at radius 2 is 1.76 bits per heavy atom. The smallest absolute Gasteiger partial charge is 0.345 e. The highest BCUT2D eigenvalue weighted by atomic mass is 32.1. The fourth-order valence-electron chi connectivity index (χ4n) is 2.41. The quantitative estimate of drug-likeness (QED) is 0.630. The summed E-state index contributed by atoms with van der Waals surface area (Å²) in [4.78, 5) is 49.1. The predicted molar refractivity (Wildman–Crippen MR) is 90.8 cm³/mol. The number of H-pyrrole nitrogens is 1. The average molecular weight is 360 g/mol. The van der Waals surface area contributed by atoms with E-state index in [1.807, 2.05) is 0 Å². The van der Waals surface area contributed by atoms with Gasteiger partial charge in [0.05, 0.1) is 10.9 Å². The SMILES string of the molecule is O=C(O)c1ccc(CCn2c(=O)[nH]c3sc(C(=O)O)cc3c2=O)cc1. The van der Waals surface area contributed by atoms with Crippen molar-refractivity contribution in [3.05, 3.63) is 67.2 Å². The van der Waals surface area contributed by atoms with Crippen LogP contribution in [0.15, 0.2) is 39.9 Å². The number of nitrogens with one attached hydrogen (secondary N) is 1. The molecule has 0 amide bonds. The number of thiophene rings is 1. The molecule has 0 aliphatic carbocycles. The van der Waals surface area contributed by atoms with E-state index in [0.29, 0.717) is 6.42 Å². The zero-order chi connectivity index (χ0) is 18.1. The van der Waals surface area contributed by atoms with Crippen LogP contribution < -0.4 is 11.2 Å². The van der Waals surface area contributed by atoms with Crippen molar-refractivity contribution >= 4 is 33.5 Å². The number of rotatable bonds is 5. The molecule has 0 unspecified atom stereocenters. The highest BCUT2D eigenvalue weighted by Gasteiger charge is 2.14. The fraction of sp³-hybridized carbons (Fsp3) is 0.125. The van der Waals surface area contributed by atoms with E-state index < -0.39 is 23.2 Å². The first-order valence-electron chi connectivity index (χ1n) is 7.19. The second-order valence-corrected chi connectivity index (χ2v) is 6.35. The lowest BCUT2D eigenvalue weighted by Gasteiger charge is -2.05. The fourth-order valence-corrected chi connectivity index (χ4v) is 3.29. The van der Waals surface area contributed by atoms with Gasteiger partial charge in [-0.1, -0.05) is 12.1 Å². The van der Waals surface area contributed by atoms with Gasteiger partial charge in [-0.2, -0.15) is 0 Å². The standard InChI is InChI=1S/C16H12N2O6S/c19-13-10-7-11(15(22)23)25-12(10)17-16(24)18(13)6-5-8-1-3-9(4-2-8)14(20)21/h1-4,7H,5-6H2,(H,17,24)(H,20,21)(H,22,23). The number of hydrogen-bond donors (Lipinski definition) is 3. The number of aromatic amines is 1. The molecule has 0 aliphatic rings. The van der Waals surface area contributed by atoms with Crippen LogP contribution in [-0.4, -0.2) is 31.7 Å². The van der Waals surface area contributed by atoms with Gasteiger partial charge in [0, 0.05) is 6.54 Å². The van der Waals surface area contributed by atoms with Gasteiger partial charge in [-0.15, -0.1) is 11.3 Å². The molecule has 0 bridgehead atoms. The Hall–Kier alpha value is -3.20. The molecule has 3 aromatic rings. The summed E-state index contributed by atoms with van der Waals surface area (Å²) in [6, 6.07) is 7.39. The van der Waals surface area contributed by atoms with E-state index >= 15 is 0 Å². The van der Waals surface area contributed by atoms with Crippen molar-refractivity contribution in [2.75, 3.05) is 0 Å². The lowest BCUT2D eigenvalue weighted by atomic mass is 10.1. The van der Waals surface area contributed by atoms with Crippen LogP contribution in [0, 0.1) is 0 Å². The summed E-state index contributed by atoms with van der Waals surface area (Å²) < 4.78 is 1.01. The Bertz CT molecular complexity index is 1090. The largest absolute Gasteiger partial charge is 0.478 e. The van der Waals surface area contributed by atoms with Gasteiger partial charge in [-0.05, 0) is 30.2 Å². The molecule has 0 saturated heterocycles. The van der Waals surface area contributed by atoms with Crippen LogP contribution in [0.1, 0.15) is 25.6 Å². The second-order valence-electron chi connectivity index (χ2n) is 5.30. The Morgan fingerprint density at radius 1 is 1.08 bits per heavy atom. The van der Waals surface area contributed by atoms with Crippen LogP contribution in [0.3, 0.4) is 0 Å². The van der Waals surface area contributed by atoms with E-state index in [-0.39, 0.29) is 27.2 Å². The van der Waals surface area contributed by atoms with Gasteiger partial charge in [0.15, 0.2) is 0 Å². The minimum Gasteiger partial charge on any atom is -0.478 e. The normalized spacial score (nSPS) is 10.9. The number of fused-ring (bicyclic) bond motifs is 1. The minimum atomic E-state index is -1.16. The van der Waals surface area contributed by atoms with Crippen molar-refractivity contribution in [2.24, 2.45) is 0 Å². The van der Waals surface area contributed by atoms with Crippen LogP contribution in [-0.2, 0) is 13.0 Å². The minimum absolute atomic E-state index is 0.0234. The summed E-state index contributed by atoms with van der Waals surface area (Å²) in [6.07, 6.45) is 0.352. The molecule has 0 saturated carbocycles. The van der Waals surface area contributed by atoms with E-state index in [0.717, 1.165) is 21.5 Å². The highest BCUT2D eigenvalue weighted by molar-refractivity contribution is 7.20. The Kier molecular flexibility index (Phi) is 4.24. The lowest BCUT2D eigenvalue weighted by molar-refractivity contribution is 0.0688. The molecule has 0 radical (unpaired) electrons. The summed E-state index contributed by atoms with van der Waals surface area (Å²) in [7, 11) is 0. The zero-order valence-electron chi connectivity index (χ0n) is 12.7. The van der Waals surface area contributed by atoms with Crippen LogP contribution in [0.2, 0.25) is 0 Å². The maximum absolute atomic E-state index is 12.4. The van der Waals surface area contributed by atoms with Gasteiger partial charge in [0.1, 0.15) is 9.71 Å². The summed E-state index contributed by atoms with van der Waals surface area (Å²) >= 11 is 0.837. The summed E-state index contributed by atoms with van der Waals surface area (Å²) in [6.45, 7) is 0.0920. The average Bonchev–Trinajstić information content (AvgIpc) is 2.99. The lowest BCUT2D eigenvalue weighted by Crippen LogP contribution is -2.35. The molecule has 0 atom stereocenters. The molecule has 0 spiro atoms. The predicted octanol–water partition coefficient (Wildman–Crippen LogP) is 1.39. The maximum atomic E-state index is 12.4. The number of hydrogen-bond acceptors (Lipinski definition) is 5. The Balaban J connectivity index is 1.90. The van der Waals surface area contributed by atoms with Crippen molar-refractivity contribution in [1.29, 1.82) is 0 Å².